The first-order chi connectivity index (χ1) is 9.06. The minimum atomic E-state index is 0.358. The van der Waals surface area contributed by atoms with Gasteiger partial charge in [0.05, 0.1) is 5.39 Å². The van der Waals surface area contributed by atoms with E-state index in [0.717, 1.165) is 22.5 Å². The number of aryl methyl sites for hydroxylation is 2. The Bertz CT molecular complexity index is 672. The molecule has 4 rings (SSSR count). The van der Waals surface area contributed by atoms with Crippen LogP contribution in [0.25, 0.3) is 10.2 Å². The summed E-state index contributed by atoms with van der Waals surface area (Å²) in [6.07, 6.45) is 6.10. The maximum atomic E-state index is 6.24. The average Bonchev–Trinajstić information content (AvgIpc) is 2.84. The first-order valence-corrected chi connectivity index (χ1v) is 7.95. The molecule has 2 aliphatic carbocycles. The number of hydrogen-bond donors (Lipinski definition) is 1. The summed E-state index contributed by atoms with van der Waals surface area (Å²) >= 11 is 1.84. The third-order valence-electron chi connectivity index (χ3n) is 4.69. The molecule has 1 unspecified atom stereocenters. The molecule has 2 N–H and O–H groups in total. The molecule has 2 aromatic heterocycles. The summed E-state index contributed by atoms with van der Waals surface area (Å²) in [7, 11) is 0. The van der Waals surface area contributed by atoms with Gasteiger partial charge in [-0.2, -0.15) is 0 Å². The minimum Gasteiger partial charge on any atom is -0.383 e. The molecule has 2 aromatic rings. The number of fused-ring (bicyclic) bond motifs is 3. The van der Waals surface area contributed by atoms with E-state index in [1.54, 1.807) is 0 Å². The molecule has 0 aliphatic heterocycles. The molecule has 0 radical (unpaired) electrons. The van der Waals surface area contributed by atoms with Crippen molar-refractivity contribution in [2.75, 3.05) is 5.73 Å². The zero-order valence-corrected chi connectivity index (χ0v) is 12.3. The number of nitrogens with two attached hydrogens (primary N) is 1. The van der Waals surface area contributed by atoms with Gasteiger partial charge < -0.3 is 5.73 Å². The molecule has 2 heterocycles. The maximum absolute atomic E-state index is 6.24. The molecule has 4 heteroatoms. The summed E-state index contributed by atoms with van der Waals surface area (Å²) in [5, 5.41) is 1.15. The first kappa shape index (κ1) is 11.6. The van der Waals surface area contributed by atoms with Gasteiger partial charge in [-0.15, -0.1) is 11.3 Å². The minimum absolute atomic E-state index is 0.358. The highest BCUT2D eigenvalue weighted by atomic mass is 32.1. The number of hydrogen-bond acceptors (Lipinski definition) is 4. The van der Waals surface area contributed by atoms with Gasteiger partial charge in [-0.3, -0.25) is 0 Å². The summed E-state index contributed by atoms with van der Waals surface area (Å²) in [5.41, 5.74) is 8.03. The van der Waals surface area contributed by atoms with E-state index in [1.807, 2.05) is 11.3 Å². The fourth-order valence-electron chi connectivity index (χ4n) is 3.27. The summed E-state index contributed by atoms with van der Waals surface area (Å²) in [6.45, 7) is 4.56. The predicted molar refractivity (Wildman–Crippen MR) is 79.6 cm³/mol. The molecule has 100 valence electrons. The van der Waals surface area contributed by atoms with Gasteiger partial charge in [0.25, 0.3) is 0 Å². The number of aromatic nitrogens is 2. The molecule has 0 spiro atoms. The summed E-state index contributed by atoms with van der Waals surface area (Å²) in [5.74, 6) is 2.18. The number of thiophene rings is 1. The number of anilines is 1. The third kappa shape index (κ3) is 1.69. The van der Waals surface area contributed by atoms with Crippen molar-refractivity contribution >= 4 is 27.4 Å². The van der Waals surface area contributed by atoms with Gasteiger partial charge in [-0.05, 0) is 43.1 Å². The lowest BCUT2D eigenvalue weighted by atomic mass is 9.97. The van der Waals surface area contributed by atoms with Crippen LogP contribution in [0.2, 0.25) is 0 Å². The molecule has 0 amide bonds. The van der Waals surface area contributed by atoms with E-state index in [2.05, 4.69) is 18.8 Å². The van der Waals surface area contributed by atoms with E-state index in [4.69, 9.17) is 10.7 Å². The molecular weight excluding hydrogens is 254 g/mol. The zero-order chi connectivity index (χ0) is 13.2. The molecule has 19 heavy (non-hydrogen) atoms. The quantitative estimate of drug-likeness (QED) is 0.862. The van der Waals surface area contributed by atoms with E-state index in [1.165, 1.54) is 36.1 Å². The highest BCUT2D eigenvalue weighted by Gasteiger charge is 2.48. The standard InChI is InChI=1S/C15H19N3S/c1-15(2)7-9(15)13-17-12(16)11-8-5-3-4-6-10(8)19-14(11)18-13/h9H,3-7H2,1-2H3,(H2,16,17,18). The Morgan fingerprint density at radius 3 is 2.68 bits per heavy atom. The van der Waals surface area contributed by atoms with Crippen LogP contribution in [-0.4, -0.2) is 9.97 Å². The monoisotopic (exact) mass is 273 g/mol. The molecular formula is C15H19N3S. The van der Waals surface area contributed by atoms with Crippen LogP contribution in [0.1, 0.15) is 55.3 Å². The van der Waals surface area contributed by atoms with Gasteiger partial charge in [0, 0.05) is 10.8 Å². The van der Waals surface area contributed by atoms with Crippen molar-refractivity contribution in [3.8, 4) is 0 Å². The number of nitrogen functional groups attached to an aromatic ring is 1. The van der Waals surface area contributed by atoms with Gasteiger partial charge in [0.1, 0.15) is 16.5 Å². The van der Waals surface area contributed by atoms with Crippen LogP contribution >= 0.6 is 11.3 Å². The molecule has 1 atom stereocenters. The Labute approximate surface area is 117 Å². The number of nitrogens with zero attached hydrogens (tertiary/aromatic N) is 2. The molecule has 0 aromatic carbocycles. The van der Waals surface area contributed by atoms with Crippen molar-refractivity contribution in [2.24, 2.45) is 5.41 Å². The van der Waals surface area contributed by atoms with E-state index in [0.29, 0.717) is 17.2 Å². The predicted octanol–water partition coefficient (Wildman–Crippen LogP) is 3.67. The van der Waals surface area contributed by atoms with Crippen molar-refractivity contribution in [3.05, 3.63) is 16.3 Å². The van der Waals surface area contributed by atoms with E-state index >= 15 is 0 Å². The van der Waals surface area contributed by atoms with Crippen LogP contribution in [0, 0.1) is 5.41 Å². The normalized spacial score (nSPS) is 24.4. The summed E-state index contributed by atoms with van der Waals surface area (Å²) in [6, 6.07) is 0. The molecule has 3 nitrogen and oxygen atoms in total. The van der Waals surface area contributed by atoms with Gasteiger partial charge >= 0.3 is 0 Å². The Balaban J connectivity index is 1.88. The van der Waals surface area contributed by atoms with Crippen molar-refractivity contribution < 1.29 is 0 Å². The third-order valence-corrected chi connectivity index (χ3v) is 5.87. The Morgan fingerprint density at radius 1 is 1.21 bits per heavy atom. The first-order valence-electron chi connectivity index (χ1n) is 7.14. The van der Waals surface area contributed by atoms with E-state index in [-0.39, 0.29) is 0 Å². The smallest absolute Gasteiger partial charge is 0.136 e. The van der Waals surface area contributed by atoms with Crippen LogP contribution in [0.5, 0.6) is 0 Å². The van der Waals surface area contributed by atoms with Crippen molar-refractivity contribution in [3.63, 3.8) is 0 Å². The summed E-state index contributed by atoms with van der Waals surface area (Å²) < 4.78 is 0. The Kier molecular flexibility index (Phi) is 2.26. The van der Waals surface area contributed by atoms with Crippen molar-refractivity contribution in [1.29, 1.82) is 0 Å². The summed E-state index contributed by atoms with van der Waals surface area (Å²) in [4.78, 5) is 12.1. The van der Waals surface area contributed by atoms with Crippen LogP contribution in [0.15, 0.2) is 0 Å². The van der Waals surface area contributed by atoms with E-state index < -0.39 is 0 Å². The molecule has 0 saturated heterocycles. The second-order valence-electron chi connectivity index (χ2n) is 6.60. The van der Waals surface area contributed by atoms with Crippen LogP contribution in [-0.2, 0) is 12.8 Å². The zero-order valence-electron chi connectivity index (χ0n) is 11.5. The second kappa shape index (κ2) is 3.69. The SMILES string of the molecule is CC1(C)CC1c1nc(N)c2c3c(sc2n1)CCCC3. The largest absolute Gasteiger partial charge is 0.383 e. The number of rotatable bonds is 1. The van der Waals surface area contributed by atoms with Gasteiger partial charge in [-0.25, -0.2) is 9.97 Å². The highest BCUT2D eigenvalue weighted by molar-refractivity contribution is 7.19. The topological polar surface area (TPSA) is 51.8 Å². The van der Waals surface area contributed by atoms with Crippen LogP contribution in [0.4, 0.5) is 5.82 Å². The fraction of sp³-hybridized carbons (Fsp3) is 0.600. The van der Waals surface area contributed by atoms with Crippen LogP contribution < -0.4 is 5.73 Å². The van der Waals surface area contributed by atoms with Crippen LogP contribution in [0.3, 0.4) is 0 Å². The molecule has 1 saturated carbocycles. The second-order valence-corrected chi connectivity index (χ2v) is 7.69. The van der Waals surface area contributed by atoms with Gasteiger partial charge in [0.15, 0.2) is 0 Å². The Hall–Kier alpha value is -1.16. The lowest BCUT2D eigenvalue weighted by Crippen LogP contribution is -2.03. The highest BCUT2D eigenvalue weighted by Crippen LogP contribution is 2.58. The maximum Gasteiger partial charge on any atom is 0.136 e. The lowest BCUT2D eigenvalue weighted by Gasteiger charge is -2.11. The Morgan fingerprint density at radius 2 is 1.95 bits per heavy atom. The van der Waals surface area contributed by atoms with E-state index in [9.17, 15) is 0 Å². The molecule has 1 fully saturated rings. The lowest BCUT2D eigenvalue weighted by molar-refractivity contribution is 0.610. The molecule has 2 aliphatic rings. The van der Waals surface area contributed by atoms with Crippen molar-refractivity contribution in [1.82, 2.24) is 9.97 Å². The van der Waals surface area contributed by atoms with Gasteiger partial charge in [-0.1, -0.05) is 13.8 Å². The molecule has 0 bridgehead atoms. The van der Waals surface area contributed by atoms with Gasteiger partial charge in [0.2, 0.25) is 0 Å². The average molecular weight is 273 g/mol. The fourth-order valence-corrected chi connectivity index (χ4v) is 4.54. The van der Waals surface area contributed by atoms with Crippen molar-refractivity contribution in [2.45, 2.75) is 51.9 Å².